The number of sulfonamides is 1. The molecule has 0 fully saturated rings. The molecule has 0 heterocycles. The third-order valence-electron chi connectivity index (χ3n) is 2.89. The molecule has 0 amide bonds. The molecule has 0 atom stereocenters. The van der Waals surface area contributed by atoms with Crippen LogP contribution in [-0.4, -0.2) is 32.6 Å². The predicted molar refractivity (Wildman–Crippen MR) is 82.2 cm³/mol. The highest BCUT2D eigenvalue weighted by Crippen LogP contribution is 2.23. The summed E-state index contributed by atoms with van der Waals surface area (Å²) in [6.45, 7) is 6.69. The first-order chi connectivity index (χ1) is 9.77. The lowest BCUT2D eigenvalue weighted by molar-refractivity contribution is 0.0696. The van der Waals surface area contributed by atoms with Crippen molar-refractivity contribution in [1.82, 2.24) is 4.72 Å². The van der Waals surface area contributed by atoms with Crippen LogP contribution < -0.4 is 10.0 Å². The van der Waals surface area contributed by atoms with E-state index in [9.17, 15) is 13.2 Å². The molecule has 0 bridgehead atoms. The Labute approximate surface area is 125 Å². The molecule has 21 heavy (non-hydrogen) atoms. The Kier molecular flexibility index (Phi) is 6.17. The smallest absolute Gasteiger partial charge is 0.335 e. The van der Waals surface area contributed by atoms with E-state index in [1.54, 1.807) is 6.92 Å². The van der Waals surface area contributed by atoms with Gasteiger partial charge in [0.15, 0.2) is 0 Å². The molecule has 6 nitrogen and oxygen atoms in total. The van der Waals surface area contributed by atoms with Gasteiger partial charge in [-0.3, -0.25) is 0 Å². The van der Waals surface area contributed by atoms with Crippen molar-refractivity contribution in [2.75, 3.05) is 18.4 Å². The first-order valence-electron chi connectivity index (χ1n) is 6.88. The summed E-state index contributed by atoms with van der Waals surface area (Å²) in [7, 11) is -3.72. The molecule has 1 rings (SSSR count). The fraction of sp³-hybridized carbons (Fsp3) is 0.500. The van der Waals surface area contributed by atoms with Crippen LogP contribution in [0.25, 0.3) is 0 Å². The number of carbonyl (C=O) groups is 1. The molecule has 0 aliphatic carbocycles. The number of rotatable bonds is 8. The monoisotopic (exact) mass is 314 g/mol. The fourth-order valence-corrected chi connectivity index (χ4v) is 3.03. The molecule has 1 aromatic rings. The van der Waals surface area contributed by atoms with Crippen LogP contribution in [0.4, 0.5) is 5.69 Å². The zero-order valence-electron chi connectivity index (χ0n) is 12.5. The number of hydrogen-bond donors (Lipinski definition) is 3. The van der Waals surface area contributed by atoms with Gasteiger partial charge in [0.2, 0.25) is 10.0 Å². The van der Waals surface area contributed by atoms with Gasteiger partial charge in [-0.05, 0) is 30.5 Å². The first kappa shape index (κ1) is 17.5. The van der Waals surface area contributed by atoms with Crippen LogP contribution in [0.15, 0.2) is 23.1 Å². The van der Waals surface area contributed by atoms with Crippen LogP contribution in [0.5, 0.6) is 0 Å². The minimum Gasteiger partial charge on any atom is -0.478 e. The fourth-order valence-electron chi connectivity index (χ4n) is 1.79. The molecule has 0 unspecified atom stereocenters. The van der Waals surface area contributed by atoms with Crippen molar-refractivity contribution < 1.29 is 18.3 Å². The van der Waals surface area contributed by atoms with E-state index in [1.807, 2.05) is 0 Å². The van der Waals surface area contributed by atoms with Crippen molar-refractivity contribution in [2.45, 2.75) is 32.1 Å². The van der Waals surface area contributed by atoms with Crippen LogP contribution in [0.1, 0.15) is 37.6 Å². The van der Waals surface area contributed by atoms with Crippen molar-refractivity contribution in [3.63, 3.8) is 0 Å². The summed E-state index contributed by atoms with van der Waals surface area (Å²) in [6, 6.07) is 4.07. The Bertz CT molecular complexity index is 597. The van der Waals surface area contributed by atoms with Crippen LogP contribution >= 0.6 is 0 Å². The average Bonchev–Trinajstić information content (AvgIpc) is 2.38. The Morgan fingerprint density at radius 2 is 2.00 bits per heavy atom. The van der Waals surface area contributed by atoms with Crippen LogP contribution in [0.2, 0.25) is 0 Å². The number of carboxylic acid groups (broad SMARTS) is 1. The lowest BCUT2D eigenvalue weighted by Crippen LogP contribution is -2.24. The summed E-state index contributed by atoms with van der Waals surface area (Å²) in [5.74, 6) is -0.665. The number of benzene rings is 1. The summed E-state index contributed by atoms with van der Waals surface area (Å²) in [5.41, 5.74) is 0.363. The van der Waals surface area contributed by atoms with Gasteiger partial charge >= 0.3 is 5.97 Å². The predicted octanol–water partition coefficient (Wildman–Crippen LogP) is 2.14. The molecule has 7 heteroatoms. The van der Waals surface area contributed by atoms with Gasteiger partial charge in [-0.25, -0.2) is 17.9 Å². The summed E-state index contributed by atoms with van der Waals surface area (Å²) >= 11 is 0. The molecular weight excluding hydrogens is 292 g/mol. The van der Waals surface area contributed by atoms with Crippen molar-refractivity contribution >= 4 is 21.7 Å². The van der Waals surface area contributed by atoms with Gasteiger partial charge < -0.3 is 10.4 Å². The summed E-state index contributed by atoms with van der Waals surface area (Å²) in [5, 5.41) is 12.1. The van der Waals surface area contributed by atoms with Gasteiger partial charge in [0, 0.05) is 13.1 Å². The quantitative estimate of drug-likeness (QED) is 0.683. The van der Waals surface area contributed by atoms with Crippen molar-refractivity contribution in [2.24, 2.45) is 5.92 Å². The van der Waals surface area contributed by atoms with Gasteiger partial charge in [-0.1, -0.05) is 20.8 Å². The molecule has 118 valence electrons. The Hall–Kier alpha value is -1.60. The number of carboxylic acids is 1. The molecular formula is C14H22N2O4S. The van der Waals surface area contributed by atoms with Crippen LogP contribution in [-0.2, 0) is 10.0 Å². The second kappa shape index (κ2) is 7.42. The highest BCUT2D eigenvalue weighted by molar-refractivity contribution is 7.89. The number of anilines is 1. The minimum absolute atomic E-state index is 0.0343. The lowest BCUT2D eigenvalue weighted by atomic mass is 10.1. The van der Waals surface area contributed by atoms with E-state index in [0.717, 1.165) is 6.42 Å². The van der Waals surface area contributed by atoms with E-state index in [2.05, 4.69) is 23.9 Å². The molecule has 0 radical (unpaired) electrons. The molecule has 0 aromatic heterocycles. The topological polar surface area (TPSA) is 95.5 Å². The Balaban J connectivity index is 3.14. The van der Waals surface area contributed by atoms with Gasteiger partial charge in [-0.2, -0.15) is 0 Å². The number of aromatic carboxylic acids is 1. The highest BCUT2D eigenvalue weighted by Gasteiger charge is 2.20. The zero-order chi connectivity index (χ0) is 16.0. The first-order valence-corrected chi connectivity index (χ1v) is 8.37. The second-order valence-electron chi connectivity index (χ2n) is 5.13. The van der Waals surface area contributed by atoms with E-state index in [0.29, 0.717) is 18.2 Å². The Morgan fingerprint density at radius 3 is 2.52 bits per heavy atom. The maximum atomic E-state index is 12.2. The third kappa shape index (κ3) is 5.02. The van der Waals surface area contributed by atoms with Gasteiger partial charge in [0.1, 0.15) is 4.90 Å². The highest BCUT2D eigenvalue weighted by atomic mass is 32.2. The lowest BCUT2D eigenvalue weighted by Gasteiger charge is -2.14. The minimum atomic E-state index is -3.72. The average molecular weight is 314 g/mol. The summed E-state index contributed by atoms with van der Waals surface area (Å²) in [6.07, 6.45) is 0.890. The van der Waals surface area contributed by atoms with E-state index < -0.39 is 16.0 Å². The molecule has 0 saturated heterocycles. The Morgan fingerprint density at radius 1 is 1.33 bits per heavy atom. The molecule has 1 aromatic carbocycles. The molecule has 0 aliphatic rings. The van der Waals surface area contributed by atoms with Crippen LogP contribution in [0, 0.1) is 5.92 Å². The maximum Gasteiger partial charge on any atom is 0.335 e. The summed E-state index contributed by atoms with van der Waals surface area (Å²) in [4.78, 5) is 11.0. The van der Waals surface area contributed by atoms with E-state index >= 15 is 0 Å². The molecule has 0 spiro atoms. The normalized spacial score (nSPS) is 11.6. The largest absolute Gasteiger partial charge is 0.478 e. The van der Waals surface area contributed by atoms with Gasteiger partial charge in [0.05, 0.1) is 11.3 Å². The van der Waals surface area contributed by atoms with Gasteiger partial charge in [-0.15, -0.1) is 0 Å². The van der Waals surface area contributed by atoms with Crippen molar-refractivity contribution in [3.05, 3.63) is 23.8 Å². The number of hydrogen-bond acceptors (Lipinski definition) is 4. The maximum absolute atomic E-state index is 12.2. The van der Waals surface area contributed by atoms with E-state index in [4.69, 9.17) is 5.11 Å². The third-order valence-corrected chi connectivity index (χ3v) is 4.48. The molecule has 3 N–H and O–H groups in total. The second-order valence-corrected chi connectivity index (χ2v) is 6.86. The zero-order valence-corrected chi connectivity index (χ0v) is 13.3. The standard InChI is InChI=1S/C14H22N2O4S/c1-4-16-21(19,20)13-9-11(14(17)18)5-6-12(13)15-8-7-10(2)3/h5-6,9-10,15-16H,4,7-8H2,1-3H3,(H,17,18). The molecule has 0 saturated carbocycles. The molecule has 0 aliphatic heterocycles. The van der Waals surface area contributed by atoms with Crippen LogP contribution in [0.3, 0.4) is 0 Å². The SMILES string of the molecule is CCNS(=O)(=O)c1cc(C(=O)O)ccc1NCCC(C)C. The van der Waals surface area contributed by atoms with Crippen molar-refractivity contribution in [1.29, 1.82) is 0 Å². The van der Waals surface area contributed by atoms with E-state index in [1.165, 1.54) is 18.2 Å². The summed E-state index contributed by atoms with van der Waals surface area (Å²) < 4.78 is 26.7. The van der Waals surface area contributed by atoms with Gasteiger partial charge in [0.25, 0.3) is 0 Å². The number of nitrogens with one attached hydrogen (secondary N) is 2. The van der Waals surface area contributed by atoms with Crippen molar-refractivity contribution in [3.8, 4) is 0 Å². The van der Waals surface area contributed by atoms with E-state index in [-0.39, 0.29) is 17.0 Å².